The number of nitrogens with zero attached hydrogens (tertiary/aromatic N) is 1. The van der Waals surface area contributed by atoms with Gasteiger partial charge in [-0.05, 0) is 36.8 Å². The topological polar surface area (TPSA) is 29.3 Å². The van der Waals surface area contributed by atoms with E-state index in [1.54, 1.807) is 17.1 Å². The van der Waals surface area contributed by atoms with Crippen molar-refractivity contribution in [3.05, 3.63) is 66.0 Å². The summed E-state index contributed by atoms with van der Waals surface area (Å²) in [6, 6.07) is 16.2. The molecule has 0 heterocycles. The van der Waals surface area contributed by atoms with Crippen molar-refractivity contribution in [2.75, 3.05) is 5.01 Å². The Morgan fingerprint density at radius 2 is 1.56 bits per heavy atom. The maximum atomic E-state index is 12.8. The van der Waals surface area contributed by atoms with Gasteiger partial charge in [-0.15, -0.1) is 12.4 Å². The highest BCUT2D eigenvalue weighted by molar-refractivity contribution is 5.85. The van der Waals surface area contributed by atoms with E-state index in [1.165, 1.54) is 12.1 Å². The van der Waals surface area contributed by atoms with Gasteiger partial charge in [-0.2, -0.15) is 0 Å². The molecule has 0 aliphatic carbocycles. The second-order valence-corrected chi connectivity index (χ2v) is 3.97. The first-order chi connectivity index (χ1) is 8.18. The molecule has 0 radical (unpaired) electrons. The van der Waals surface area contributed by atoms with Crippen LogP contribution in [-0.2, 0) is 0 Å². The van der Waals surface area contributed by atoms with Crippen molar-refractivity contribution in [1.82, 2.24) is 0 Å². The minimum Gasteiger partial charge on any atom is -0.304 e. The summed E-state index contributed by atoms with van der Waals surface area (Å²) in [5.41, 5.74) is 1.92. The summed E-state index contributed by atoms with van der Waals surface area (Å²) in [5.74, 6) is 5.78. The number of anilines is 1. The summed E-state index contributed by atoms with van der Waals surface area (Å²) in [6.45, 7) is 2.01. The van der Waals surface area contributed by atoms with Gasteiger partial charge in [-0.1, -0.05) is 30.3 Å². The Labute approximate surface area is 113 Å². The molecule has 0 saturated carbocycles. The SMILES string of the molecule is CC(c1ccccc1)N(N)c1ccc(F)cc1.Cl. The van der Waals surface area contributed by atoms with E-state index in [0.717, 1.165) is 11.3 Å². The van der Waals surface area contributed by atoms with Gasteiger partial charge in [0.05, 0.1) is 11.7 Å². The Morgan fingerprint density at radius 3 is 2.11 bits per heavy atom. The van der Waals surface area contributed by atoms with Gasteiger partial charge < -0.3 is 5.01 Å². The summed E-state index contributed by atoms with van der Waals surface area (Å²) in [7, 11) is 0. The number of hydrazine groups is 1. The fourth-order valence-corrected chi connectivity index (χ4v) is 1.73. The average Bonchev–Trinajstić information content (AvgIpc) is 2.39. The predicted octanol–water partition coefficient (Wildman–Crippen LogP) is 3.69. The van der Waals surface area contributed by atoms with Crippen molar-refractivity contribution in [2.24, 2.45) is 5.84 Å². The quantitative estimate of drug-likeness (QED) is 0.678. The third-order valence-corrected chi connectivity index (χ3v) is 2.82. The van der Waals surface area contributed by atoms with E-state index < -0.39 is 0 Å². The molecular formula is C14H16ClFN2. The van der Waals surface area contributed by atoms with E-state index in [4.69, 9.17) is 5.84 Å². The zero-order chi connectivity index (χ0) is 12.3. The van der Waals surface area contributed by atoms with E-state index in [9.17, 15) is 4.39 Å². The number of hydrogen-bond donors (Lipinski definition) is 1. The molecule has 0 fully saturated rings. The van der Waals surface area contributed by atoms with Crippen LogP contribution in [0.3, 0.4) is 0 Å². The Kier molecular flexibility index (Phi) is 5.13. The van der Waals surface area contributed by atoms with Crippen LogP contribution < -0.4 is 10.9 Å². The zero-order valence-corrected chi connectivity index (χ0v) is 10.9. The van der Waals surface area contributed by atoms with Crippen LogP contribution in [0.1, 0.15) is 18.5 Å². The zero-order valence-electron chi connectivity index (χ0n) is 10.1. The fraction of sp³-hybridized carbons (Fsp3) is 0.143. The van der Waals surface area contributed by atoms with E-state index >= 15 is 0 Å². The van der Waals surface area contributed by atoms with Gasteiger partial charge in [0, 0.05) is 0 Å². The number of hydrogen-bond acceptors (Lipinski definition) is 2. The molecule has 0 saturated heterocycles. The molecule has 2 rings (SSSR count). The molecule has 0 aliphatic rings. The minimum absolute atomic E-state index is 0. The summed E-state index contributed by atoms with van der Waals surface area (Å²) < 4.78 is 12.8. The molecule has 2 N–H and O–H groups in total. The Balaban J connectivity index is 0.00000162. The first-order valence-electron chi connectivity index (χ1n) is 5.53. The lowest BCUT2D eigenvalue weighted by molar-refractivity contribution is 0.626. The van der Waals surface area contributed by atoms with Gasteiger partial charge in [0.1, 0.15) is 5.82 Å². The van der Waals surface area contributed by atoms with Crippen LogP contribution in [-0.4, -0.2) is 0 Å². The molecule has 2 aromatic rings. The fourth-order valence-electron chi connectivity index (χ4n) is 1.73. The Bertz CT molecular complexity index is 473. The number of nitrogens with two attached hydrogens (primary N) is 1. The molecule has 18 heavy (non-hydrogen) atoms. The summed E-state index contributed by atoms with van der Waals surface area (Å²) in [5, 5.41) is 1.63. The smallest absolute Gasteiger partial charge is 0.123 e. The third kappa shape index (κ3) is 3.22. The summed E-state index contributed by atoms with van der Waals surface area (Å²) >= 11 is 0. The maximum Gasteiger partial charge on any atom is 0.123 e. The second-order valence-electron chi connectivity index (χ2n) is 3.97. The third-order valence-electron chi connectivity index (χ3n) is 2.82. The van der Waals surface area contributed by atoms with Crippen LogP contribution in [0.5, 0.6) is 0 Å². The number of rotatable bonds is 3. The van der Waals surface area contributed by atoms with E-state index in [-0.39, 0.29) is 24.3 Å². The van der Waals surface area contributed by atoms with Crippen LogP contribution in [0.4, 0.5) is 10.1 Å². The van der Waals surface area contributed by atoms with E-state index in [2.05, 4.69) is 0 Å². The van der Waals surface area contributed by atoms with Crippen molar-refractivity contribution in [2.45, 2.75) is 13.0 Å². The van der Waals surface area contributed by atoms with E-state index in [1.807, 2.05) is 37.3 Å². The van der Waals surface area contributed by atoms with Gasteiger partial charge in [-0.3, -0.25) is 0 Å². The van der Waals surface area contributed by atoms with E-state index in [0.29, 0.717) is 0 Å². The molecular weight excluding hydrogens is 251 g/mol. The Hall–Kier alpha value is -1.58. The highest BCUT2D eigenvalue weighted by Gasteiger charge is 2.12. The molecule has 2 aromatic carbocycles. The lowest BCUT2D eigenvalue weighted by atomic mass is 10.1. The monoisotopic (exact) mass is 266 g/mol. The molecule has 1 unspecified atom stereocenters. The van der Waals surface area contributed by atoms with Gasteiger partial charge in [0.25, 0.3) is 0 Å². The molecule has 0 bridgehead atoms. The van der Waals surface area contributed by atoms with Crippen LogP contribution in [0.2, 0.25) is 0 Å². The highest BCUT2D eigenvalue weighted by atomic mass is 35.5. The van der Waals surface area contributed by atoms with Gasteiger partial charge >= 0.3 is 0 Å². The molecule has 0 spiro atoms. The molecule has 4 heteroatoms. The summed E-state index contributed by atoms with van der Waals surface area (Å²) in [4.78, 5) is 0. The lowest BCUT2D eigenvalue weighted by Gasteiger charge is -2.26. The van der Waals surface area contributed by atoms with Gasteiger partial charge in [0.15, 0.2) is 0 Å². The maximum absolute atomic E-state index is 12.8. The van der Waals surface area contributed by atoms with Crippen LogP contribution in [0, 0.1) is 5.82 Å². The van der Waals surface area contributed by atoms with Crippen molar-refractivity contribution in [3.63, 3.8) is 0 Å². The molecule has 96 valence electrons. The van der Waals surface area contributed by atoms with Crippen LogP contribution in [0.15, 0.2) is 54.6 Å². The summed E-state index contributed by atoms with van der Waals surface area (Å²) in [6.07, 6.45) is 0. The normalized spacial score (nSPS) is 11.5. The predicted molar refractivity (Wildman–Crippen MR) is 75.2 cm³/mol. The van der Waals surface area contributed by atoms with Crippen LogP contribution in [0.25, 0.3) is 0 Å². The first-order valence-corrected chi connectivity index (χ1v) is 5.53. The molecule has 1 atom stereocenters. The molecule has 0 aliphatic heterocycles. The molecule has 0 amide bonds. The first kappa shape index (κ1) is 14.5. The average molecular weight is 267 g/mol. The highest BCUT2D eigenvalue weighted by Crippen LogP contribution is 2.23. The Morgan fingerprint density at radius 1 is 1.00 bits per heavy atom. The minimum atomic E-state index is -0.255. The van der Waals surface area contributed by atoms with Crippen LogP contribution >= 0.6 is 12.4 Å². The standard InChI is InChI=1S/C14H15FN2.ClH/c1-11(12-5-3-2-4-6-12)17(16)14-9-7-13(15)8-10-14;/h2-11H,16H2,1H3;1H. The largest absolute Gasteiger partial charge is 0.304 e. The number of benzene rings is 2. The second kappa shape index (κ2) is 6.38. The van der Waals surface area contributed by atoms with Gasteiger partial charge in [0.2, 0.25) is 0 Å². The lowest BCUT2D eigenvalue weighted by Crippen LogP contribution is -2.33. The van der Waals surface area contributed by atoms with Gasteiger partial charge in [-0.25, -0.2) is 10.2 Å². The molecule has 2 nitrogen and oxygen atoms in total. The van der Waals surface area contributed by atoms with Crippen molar-refractivity contribution in [3.8, 4) is 0 Å². The number of halogens is 2. The van der Waals surface area contributed by atoms with Crippen molar-refractivity contribution >= 4 is 18.1 Å². The van der Waals surface area contributed by atoms with Crippen molar-refractivity contribution in [1.29, 1.82) is 0 Å². The van der Waals surface area contributed by atoms with Crippen molar-refractivity contribution < 1.29 is 4.39 Å². The molecule has 0 aromatic heterocycles.